The molecule has 156 valence electrons. The van der Waals surface area contributed by atoms with Crippen LogP contribution in [0.25, 0.3) is 10.9 Å². The van der Waals surface area contributed by atoms with Gasteiger partial charge < -0.3 is 15.6 Å². The first kappa shape index (κ1) is 21.0. The van der Waals surface area contributed by atoms with Crippen molar-refractivity contribution in [1.82, 2.24) is 9.97 Å². The molecule has 3 N–H and O–H groups in total. The quantitative estimate of drug-likeness (QED) is 0.328. The second-order valence-electron chi connectivity index (χ2n) is 6.86. The molecule has 0 aliphatic rings. The number of H-pyrrole nitrogens is 1. The van der Waals surface area contributed by atoms with Gasteiger partial charge in [-0.15, -0.1) is 11.8 Å². The lowest BCUT2D eigenvalue weighted by molar-refractivity contribution is -0.114. The fourth-order valence-corrected chi connectivity index (χ4v) is 4.42. The second-order valence-corrected chi connectivity index (χ2v) is 8.32. The average Bonchev–Trinajstić information content (AvgIpc) is 3.17. The van der Waals surface area contributed by atoms with E-state index in [2.05, 4.69) is 20.6 Å². The molecule has 2 aromatic heterocycles. The third-order valence-electron chi connectivity index (χ3n) is 4.52. The van der Waals surface area contributed by atoms with Crippen LogP contribution < -0.4 is 10.6 Å². The second kappa shape index (κ2) is 9.24. The number of carbonyl (C=O) groups excluding carboxylic acids is 2. The maximum Gasteiger partial charge on any atom is 0.257 e. The van der Waals surface area contributed by atoms with E-state index in [1.807, 2.05) is 30.3 Å². The van der Waals surface area contributed by atoms with E-state index in [1.54, 1.807) is 48.4 Å². The smallest absolute Gasteiger partial charge is 0.257 e. The summed E-state index contributed by atoms with van der Waals surface area (Å²) in [6.07, 6.45) is 3.39. The number of aromatic amines is 1. The Morgan fingerprint density at radius 3 is 2.74 bits per heavy atom. The van der Waals surface area contributed by atoms with Crippen LogP contribution in [0.1, 0.15) is 22.8 Å². The molecule has 0 fully saturated rings. The van der Waals surface area contributed by atoms with E-state index in [4.69, 9.17) is 11.6 Å². The molecule has 0 radical (unpaired) electrons. The summed E-state index contributed by atoms with van der Waals surface area (Å²) < 4.78 is 0. The molecule has 0 aliphatic heterocycles. The summed E-state index contributed by atoms with van der Waals surface area (Å²) in [4.78, 5) is 32.5. The Bertz CT molecular complexity index is 1270. The van der Waals surface area contributed by atoms with E-state index in [0.29, 0.717) is 27.8 Å². The number of anilines is 2. The molecule has 0 unspecified atom stereocenters. The minimum Gasteiger partial charge on any atom is -0.360 e. The van der Waals surface area contributed by atoms with Gasteiger partial charge >= 0.3 is 0 Å². The number of nitrogens with zero attached hydrogens (tertiary/aromatic N) is 1. The minimum absolute atomic E-state index is 0.162. The molecule has 6 nitrogen and oxygen atoms in total. The molecular formula is C23H19ClN4O2S. The van der Waals surface area contributed by atoms with E-state index in [1.165, 1.54) is 6.92 Å². The fraction of sp³-hybridized carbons (Fsp3) is 0.0870. The van der Waals surface area contributed by atoms with Gasteiger partial charge in [-0.25, -0.2) is 4.98 Å². The first-order valence-corrected chi connectivity index (χ1v) is 10.9. The van der Waals surface area contributed by atoms with Crippen LogP contribution in [-0.4, -0.2) is 21.8 Å². The minimum atomic E-state index is -0.210. The van der Waals surface area contributed by atoms with Gasteiger partial charge in [-0.2, -0.15) is 0 Å². The normalized spacial score (nSPS) is 10.8. The molecule has 2 heterocycles. The number of amides is 2. The van der Waals surface area contributed by atoms with E-state index < -0.39 is 0 Å². The summed E-state index contributed by atoms with van der Waals surface area (Å²) in [5.41, 5.74) is 3.10. The lowest BCUT2D eigenvalue weighted by atomic mass is 10.1. The van der Waals surface area contributed by atoms with Crippen LogP contribution >= 0.6 is 23.4 Å². The topological polar surface area (TPSA) is 86.9 Å². The maximum atomic E-state index is 12.9. The molecule has 8 heteroatoms. The molecule has 0 aliphatic carbocycles. The van der Waals surface area contributed by atoms with Gasteiger partial charge in [-0.05, 0) is 48.0 Å². The predicted molar refractivity (Wildman–Crippen MR) is 126 cm³/mol. The van der Waals surface area contributed by atoms with Crippen molar-refractivity contribution >= 4 is 57.6 Å². The van der Waals surface area contributed by atoms with E-state index >= 15 is 0 Å². The fourth-order valence-electron chi connectivity index (χ4n) is 3.19. The maximum absolute atomic E-state index is 12.9. The highest BCUT2D eigenvalue weighted by Crippen LogP contribution is 2.33. The molecule has 2 amide bonds. The van der Waals surface area contributed by atoms with Crippen LogP contribution in [0.4, 0.5) is 11.5 Å². The molecule has 2 aromatic carbocycles. The third-order valence-corrected chi connectivity index (χ3v) is 5.88. The van der Waals surface area contributed by atoms with Crippen LogP contribution in [0.5, 0.6) is 0 Å². The lowest BCUT2D eigenvalue weighted by Gasteiger charge is -2.09. The summed E-state index contributed by atoms with van der Waals surface area (Å²) in [6, 6.07) is 16.7. The summed E-state index contributed by atoms with van der Waals surface area (Å²) in [5.74, 6) is 0.810. The van der Waals surface area contributed by atoms with Crippen LogP contribution in [0.3, 0.4) is 0 Å². The average molecular weight is 451 g/mol. The first-order chi connectivity index (χ1) is 15.0. The molecule has 0 spiro atoms. The summed E-state index contributed by atoms with van der Waals surface area (Å²) in [6.45, 7) is 1.45. The Balaban J connectivity index is 1.57. The molecule has 4 aromatic rings. The number of pyridine rings is 1. The first-order valence-electron chi connectivity index (χ1n) is 9.52. The molecular weight excluding hydrogens is 432 g/mol. The largest absolute Gasteiger partial charge is 0.360 e. The molecule has 31 heavy (non-hydrogen) atoms. The van der Waals surface area contributed by atoms with Gasteiger partial charge in [0.25, 0.3) is 5.91 Å². The number of hydrogen-bond donors (Lipinski definition) is 3. The van der Waals surface area contributed by atoms with Gasteiger partial charge in [0.1, 0.15) is 5.82 Å². The number of rotatable bonds is 6. The highest BCUT2D eigenvalue weighted by Gasteiger charge is 2.16. The highest BCUT2D eigenvalue weighted by atomic mass is 35.5. The van der Waals surface area contributed by atoms with Crippen molar-refractivity contribution in [2.45, 2.75) is 17.6 Å². The van der Waals surface area contributed by atoms with Gasteiger partial charge in [0.2, 0.25) is 5.91 Å². The van der Waals surface area contributed by atoms with Crippen LogP contribution in [0.2, 0.25) is 5.02 Å². The molecule has 4 rings (SSSR count). The van der Waals surface area contributed by atoms with Crippen molar-refractivity contribution in [2.24, 2.45) is 0 Å². The van der Waals surface area contributed by atoms with Crippen molar-refractivity contribution in [1.29, 1.82) is 0 Å². The number of benzene rings is 2. The standard InChI is InChI=1S/C23H19ClN4O2S/c1-14(29)27-21-10-15(8-9-25-21)13-31-20-7-3-6-19-22(20)18(12-26-19)23(30)28-17-5-2-4-16(24)11-17/h2-12,26H,13H2,1H3,(H,28,30)(H,25,27,29). The van der Waals surface area contributed by atoms with Crippen LogP contribution in [-0.2, 0) is 10.5 Å². The van der Waals surface area contributed by atoms with Gasteiger partial charge in [0.15, 0.2) is 0 Å². The van der Waals surface area contributed by atoms with E-state index in [0.717, 1.165) is 21.4 Å². The summed E-state index contributed by atoms with van der Waals surface area (Å²) in [5, 5.41) is 7.02. The number of hydrogen-bond acceptors (Lipinski definition) is 4. The number of nitrogens with one attached hydrogen (secondary N) is 3. The van der Waals surface area contributed by atoms with Crippen molar-refractivity contribution in [3.8, 4) is 0 Å². The monoisotopic (exact) mass is 450 g/mol. The van der Waals surface area contributed by atoms with Crippen LogP contribution in [0, 0.1) is 0 Å². The number of carbonyl (C=O) groups is 2. The number of fused-ring (bicyclic) bond motifs is 1. The zero-order chi connectivity index (χ0) is 21.8. The van der Waals surface area contributed by atoms with Crippen LogP contribution in [0.15, 0.2) is 71.9 Å². The van der Waals surface area contributed by atoms with Gasteiger partial charge in [-0.1, -0.05) is 23.7 Å². The zero-order valence-corrected chi connectivity index (χ0v) is 18.2. The Labute approximate surface area is 188 Å². The van der Waals surface area contributed by atoms with E-state index in [-0.39, 0.29) is 11.8 Å². The Morgan fingerprint density at radius 2 is 1.94 bits per heavy atom. The molecule has 0 saturated carbocycles. The SMILES string of the molecule is CC(=O)Nc1cc(CSc2cccc3[nH]cc(C(=O)Nc4cccc(Cl)c4)c23)ccn1. The highest BCUT2D eigenvalue weighted by molar-refractivity contribution is 7.98. The van der Waals surface area contributed by atoms with Crippen molar-refractivity contribution in [3.05, 3.63) is 83.1 Å². The molecule has 0 atom stereocenters. The van der Waals surface area contributed by atoms with E-state index in [9.17, 15) is 9.59 Å². The summed E-state index contributed by atoms with van der Waals surface area (Å²) in [7, 11) is 0. The van der Waals surface area contributed by atoms with Gasteiger partial charge in [-0.3, -0.25) is 9.59 Å². The third kappa shape index (κ3) is 5.07. The number of thioether (sulfide) groups is 1. The van der Waals surface area contributed by atoms with Crippen molar-refractivity contribution < 1.29 is 9.59 Å². The zero-order valence-electron chi connectivity index (χ0n) is 16.6. The number of halogens is 1. The van der Waals surface area contributed by atoms with Crippen molar-refractivity contribution in [2.75, 3.05) is 10.6 Å². The Hall–Kier alpha value is -3.29. The molecule has 0 bridgehead atoms. The Kier molecular flexibility index (Phi) is 6.25. The Morgan fingerprint density at radius 1 is 1.10 bits per heavy atom. The lowest BCUT2D eigenvalue weighted by Crippen LogP contribution is -2.11. The van der Waals surface area contributed by atoms with Gasteiger partial charge in [0.05, 0.1) is 5.56 Å². The van der Waals surface area contributed by atoms with Crippen molar-refractivity contribution in [3.63, 3.8) is 0 Å². The molecule has 0 saturated heterocycles. The summed E-state index contributed by atoms with van der Waals surface area (Å²) >= 11 is 7.64. The number of aromatic nitrogens is 2. The predicted octanol–water partition coefficient (Wildman–Crippen LogP) is 5.72. The van der Waals surface area contributed by atoms with Gasteiger partial charge in [0, 0.05) is 51.6 Å².